The number of hydrogen-bond acceptors (Lipinski definition) is 7. The van der Waals surface area contributed by atoms with Crippen LogP contribution in [0.3, 0.4) is 0 Å². The summed E-state index contributed by atoms with van der Waals surface area (Å²) < 4.78 is 21.5. The van der Waals surface area contributed by atoms with Crippen molar-refractivity contribution in [1.82, 2.24) is 0 Å². The Morgan fingerprint density at radius 2 is 1.76 bits per heavy atom. The van der Waals surface area contributed by atoms with Gasteiger partial charge < -0.3 is 29.2 Å². The second kappa shape index (κ2) is 6.52. The van der Waals surface area contributed by atoms with Crippen LogP contribution in [0.4, 0.5) is 0 Å². The summed E-state index contributed by atoms with van der Waals surface area (Å²) in [5, 5.41) is 19.9. The van der Waals surface area contributed by atoms with E-state index in [0.29, 0.717) is 11.3 Å². The summed E-state index contributed by atoms with van der Waals surface area (Å²) in [6.45, 7) is 0. The standard InChI is InChI=1S/C18H18O7/c1-22-10-7-12(20)15-14(8-10)25-17(18(24-3)16(15)21)9-4-5-11(19)13(6-9)23-2/h4-8,17-20H,1-3H3. The smallest absolute Gasteiger partial charge is 0.203 e. The highest BCUT2D eigenvalue weighted by Gasteiger charge is 2.40. The van der Waals surface area contributed by atoms with Crippen molar-refractivity contribution in [2.45, 2.75) is 12.2 Å². The van der Waals surface area contributed by atoms with E-state index in [1.807, 2.05) is 0 Å². The molecule has 2 aromatic carbocycles. The van der Waals surface area contributed by atoms with Gasteiger partial charge in [0.1, 0.15) is 22.8 Å². The van der Waals surface area contributed by atoms with Gasteiger partial charge in [-0.15, -0.1) is 0 Å². The van der Waals surface area contributed by atoms with Crippen LogP contribution in [0.15, 0.2) is 30.3 Å². The number of phenolic OH excluding ortho intramolecular Hbond substituents is 2. The lowest BCUT2D eigenvalue weighted by atomic mass is 9.92. The molecule has 0 saturated heterocycles. The summed E-state index contributed by atoms with van der Waals surface area (Å²) in [6.07, 6.45) is -1.73. The average Bonchev–Trinajstić information content (AvgIpc) is 2.61. The van der Waals surface area contributed by atoms with E-state index in [-0.39, 0.29) is 28.6 Å². The molecule has 0 spiro atoms. The molecule has 0 saturated carbocycles. The molecule has 2 N–H and O–H groups in total. The molecule has 2 atom stereocenters. The van der Waals surface area contributed by atoms with Gasteiger partial charge >= 0.3 is 0 Å². The van der Waals surface area contributed by atoms with E-state index in [1.54, 1.807) is 12.1 Å². The molecule has 25 heavy (non-hydrogen) atoms. The third-order valence-electron chi connectivity index (χ3n) is 4.11. The predicted octanol–water partition coefficient (Wildman–Crippen LogP) is 2.45. The van der Waals surface area contributed by atoms with Crippen LogP contribution in [0, 0.1) is 0 Å². The number of methoxy groups -OCH3 is 3. The SMILES string of the molecule is COc1cc(O)c2c(c1)OC(c1ccc(O)c(OC)c1)C(OC)C2=O. The van der Waals surface area contributed by atoms with E-state index in [0.717, 1.165) is 0 Å². The highest BCUT2D eigenvalue weighted by molar-refractivity contribution is 6.05. The number of benzene rings is 2. The van der Waals surface area contributed by atoms with Gasteiger partial charge in [0.25, 0.3) is 0 Å². The van der Waals surface area contributed by atoms with Gasteiger partial charge in [-0.25, -0.2) is 0 Å². The summed E-state index contributed by atoms with van der Waals surface area (Å²) in [5.41, 5.74) is 0.637. The summed E-state index contributed by atoms with van der Waals surface area (Å²) in [7, 11) is 4.27. The zero-order valence-corrected chi connectivity index (χ0v) is 14.0. The van der Waals surface area contributed by atoms with Crippen molar-refractivity contribution in [3.63, 3.8) is 0 Å². The van der Waals surface area contributed by atoms with Gasteiger partial charge in [0.2, 0.25) is 5.78 Å². The number of Topliss-reactive ketones (excluding diaryl/α,β-unsaturated/α-hetero) is 1. The van der Waals surface area contributed by atoms with Gasteiger partial charge in [-0.05, 0) is 17.7 Å². The Morgan fingerprint density at radius 3 is 2.40 bits per heavy atom. The molecule has 1 aliphatic rings. The molecule has 7 nitrogen and oxygen atoms in total. The Kier molecular flexibility index (Phi) is 4.41. The number of phenols is 2. The topological polar surface area (TPSA) is 94.5 Å². The fraction of sp³-hybridized carbons (Fsp3) is 0.278. The van der Waals surface area contributed by atoms with Crippen LogP contribution in [0.2, 0.25) is 0 Å². The molecule has 0 bridgehead atoms. The second-order valence-corrected chi connectivity index (χ2v) is 5.51. The summed E-state index contributed by atoms with van der Waals surface area (Å²) in [4.78, 5) is 12.8. The zero-order valence-electron chi connectivity index (χ0n) is 14.0. The van der Waals surface area contributed by atoms with Gasteiger partial charge in [-0.2, -0.15) is 0 Å². The molecule has 0 amide bonds. The molecule has 0 aliphatic carbocycles. The number of ketones is 1. The van der Waals surface area contributed by atoms with Crippen LogP contribution in [-0.4, -0.2) is 43.4 Å². The zero-order chi connectivity index (χ0) is 18.1. The number of fused-ring (bicyclic) bond motifs is 1. The van der Waals surface area contributed by atoms with Crippen molar-refractivity contribution < 1.29 is 34.0 Å². The number of hydrogen-bond donors (Lipinski definition) is 2. The Balaban J connectivity index is 2.10. The minimum atomic E-state index is -0.957. The fourth-order valence-corrected chi connectivity index (χ4v) is 2.86. The van der Waals surface area contributed by atoms with Crippen LogP contribution >= 0.6 is 0 Å². The molecular weight excluding hydrogens is 328 g/mol. The molecule has 3 rings (SSSR count). The first kappa shape index (κ1) is 16.9. The maximum Gasteiger partial charge on any atom is 0.203 e. The van der Waals surface area contributed by atoms with Crippen molar-refractivity contribution in [1.29, 1.82) is 0 Å². The third kappa shape index (κ3) is 2.83. The Morgan fingerprint density at radius 1 is 1.00 bits per heavy atom. The number of rotatable bonds is 4. The van der Waals surface area contributed by atoms with E-state index >= 15 is 0 Å². The van der Waals surface area contributed by atoms with Crippen LogP contribution < -0.4 is 14.2 Å². The quantitative estimate of drug-likeness (QED) is 0.878. The van der Waals surface area contributed by atoms with Crippen molar-refractivity contribution in [3.05, 3.63) is 41.5 Å². The van der Waals surface area contributed by atoms with Crippen LogP contribution in [0.5, 0.6) is 28.7 Å². The highest BCUT2D eigenvalue weighted by atomic mass is 16.5. The fourth-order valence-electron chi connectivity index (χ4n) is 2.86. The lowest BCUT2D eigenvalue weighted by molar-refractivity contribution is -0.00115. The molecule has 1 heterocycles. The first-order valence-electron chi connectivity index (χ1n) is 7.51. The Labute approximate surface area is 144 Å². The maximum atomic E-state index is 12.8. The van der Waals surface area contributed by atoms with Crippen LogP contribution in [0.1, 0.15) is 22.0 Å². The maximum absolute atomic E-state index is 12.8. The minimum absolute atomic E-state index is 0.0259. The van der Waals surface area contributed by atoms with Crippen LogP contribution in [0.25, 0.3) is 0 Å². The van der Waals surface area contributed by atoms with E-state index in [4.69, 9.17) is 18.9 Å². The molecule has 2 aromatic rings. The minimum Gasteiger partial charge on any atom is -0.507 e. The molecule has 132 valence electrons. The van der Waals surface area contributed by atoms with E-state index in [9.17, 15) is 15.0 Å². The summed E-state index contributed by atoms with van der Waals surface area (Å²) in [5.74, 6) is 0.156. The molecule has 7 heteroatoms. The number of aromatic hydroxyl groups is 2. The van der Waals surface area contributed by atoms with E-state index in [2.05, 4.69) is 0 Å². The molecular formula is C18H18O7. The van der Waals surface area contributed by atoms with Gasteiger partial charge in [0, 0.05) is 19.2 Å². The normalized spacial score (nSPS) is 19.1. The average molecular weight is 346 g/mol. The Hall–Kier alpha value is -2.93. The van der Waals surface area contributed by atoms with Crippen molar-refractivity contribution in [2.75, 3.05) is 21.3 Å². The van der Waals surface area contributed by atoms with Gasteiger partial charge in [-0.3, -0.25) is 4.79 Å². The molecule has 0 fully saturated rings. The molecule has 1 aliphatic heterocycles. The van der Waals surface area contributed by atoms with Gasteiger partial charge in [-0.1, -0.05) is 6.07 Å². The van der Waals surface area contributed by atoms with Crippen molar-refractivity contribution in [2.24, 2.45) is 0 Å². The van der Waals surface area contributed by atoms with E-state index < -0.39 is 18.0 Å². The summed E-state index contributed by atoms with van der Waals surface area (Å²) >= 11 is 0. The lowest BCUT2D eigenvalue weighted by Gasteiger charge is -2.32. The largest absolute Gasteiger partial charge is 0.507 e. The van der Waals surface area contributed by atoms with Gasteiger partial charge in [0.05, 0.1) is 14.2 Å². The first-order valence-corrected chi connectivity index (χ1v) is 7.51. The molecule has 0 aromatic heterocycles. The molecule has 0 radical (unpaired) electrons. The van der Waals surface area contributed by atoms with Crippen LogP contribution in [-0.2, 0) is 4.74 Å². The molecule has 2 unspecified atom stereocenters. The monoisotopic (exact) mass is 346 g/mol. The first-order chi connectivity index (χ1) is 12.0. The highest BCUT2D eigenvalue weighted by Crippen LogP contribution is 2.43. The lowest BCUT2D eigenvalue weighted by Crippen LogP contribution is -2.37. The van der Waals surface area contributed by atoms with E-state index in [1.165, 1.54) is 39.5 Å². The second-order valence-electron chi connectivity index (χ2n) is 5.51. The number of carbonyl (C=O) groups excluding carboxylic acids is 1. The number of carbonyl (C=O) groups is 1. The number of ether oxygens (including phenoxy) is 4. The van der Waals surface area contributed by atoms with Crippen molar-refractivity contribution in [3.8, 4) is 28.7 Å². The Bertz CT molecular complexity index is 815. The predicted molar refractivity (Wildman–Crippen MR) is 87.8 cm³/mol. The van der Waals surface area contributed by atoms with Gasteiger partial charge in [0.15, 0.2) is 23.7 Å². The summed E-state index contributed by atoms with van der Waals surface area (Å²) in [6, 6.07) is 7.52. The van der Waals surface area contributed by atoms with Crippen molar-refractivity contribution >= 4 is 5.78 Å². The third-order valence-corrected chi connectivity index (χ3v) is 4.11.